The maximum Gasteiger partial charge on any atom is 0.337 e. The molecule has 0 radical (unpaired) electrons. The van der Waals surface area contributed by atoms with Crippen molar-refractivity contribution < 1.29 is 19.5 Å². The van der Waals surface area contributed by atoms with E-state index in [1.54, 1.807) is 42.5 Å². The van der Waals surface area contributed by atoms with Crippen molar-refractivity contribution in [1.82, 2.24) is 0 Å². The maximum absolute atomic E-state index is 13.0. The zero-order valence-electron chi connectivity index (χ0n) is 15.4. The van der Waals surface area contributed by atoms with Crippen molar-refractivity contribution in [3.05, 3.63) is 70.8 Å². The molecule has 3 rings (SSSR count). The van der Waals surface area contributed by atoms with E-state index in [9.17, 15) is 30.0 Å². The molecule has 1 fully saturated rings. The molecule has 0 saturated carbocycles. The molecular weight excluding hydrogens is 404 g/mol. The third-order valence-electron chi connectivity index (χ3n) is 4.22. The zero-order chi connectivity index (χ0) is 21.7. The van der Waals surface area contributed by atoms with Crippen molar-refractivity contribution in [3.63, 3.8) is 0 Å². The van der Waals surface area contributed by atoms with Gasteiger partial charge in [-0.2, -0.15) is 10.5 Å². The van der Waals surface area contributed by atoms with Gasteiger partial charge in [-0.3, -0.25) is 9.59 Å². The lowest BCUT2D eigenvalue weighted by Gasteiger charge is -2.18. The highest BCUT2D eigenvalue weighted by molar-refractivity contribution is 8.04. The number of carbonyl (C=O) groups is 3. The van der Waals surface area contributed by atoms with Crippen LogP contribution in [0.25, 0.3) is 0 Å². The Kier molecular flexibility index (Phi) is 6.16. The number of carbonyl (C=O) groups excluding carboxylic acids is 2. The van der Waals surface area contributed by atoms with Crippen LogP contribution in [0.4, 0.5) is 11.4 Å². The van der Waals surface area contributed by atoms with Crippen LogP contribution in [0.1, 0.15) is 16.8 Å². The van der Waals surface area contributed by atoms with Gasteiger partial charge in [0.05, 0.1) is 16.5 Å². The minimum atomic E-state index is -1.26. The average molecular weight is 418 g/mol. The molecule has 1 aliphatic rings. The number of nitrogens with one attached hydrogen (secondary N) is 1. The van der Waals surface area contributed by atoms with E-state index in [0.717, 1.165) is 16.7 Å². The number of anilines is 2. The summed E-state index contributed by atoms with van der Waals surface area (Å²) in [6.07, 6.45) is -0.193. The Labute approximate surface area is 176 Å². The molecule has 30 heavy (non-hydrogen) atoms. The van der Waals surface area contributed by atoms with Gasteiger partial charge in [0, 0.05) is 12.1 Å². The van der Waals surface area contributed by atoms with Gasteiger partial charge in [-0.25, -0.2) is 9.69 Å². The molecule has 0 spiro atoms. The van der Waals surface area contributed by atoms with Crippen molar-refractivity contribution in [2.75, 3.05) is 10.2 Å². The predicted molar refractivity (Wildman–Crippen MR) is 110 cm³/mol. The van der Waals surface area contributed by atoms with Gasteiger partial charge in [-0.15, -0.1) is 0 Å². The minimum absolute atomic E-state index is 0.00885. The summed E-state index contributed by atoms with van der Waals surface area (Å²) >= 11 is 0.893. The summed E-state index contributed by atoms with van der Waals surface area (Å²) in [6.45, 7) is 0. The van der Waals surface area contributed by atoms with Crippen molar-refractivity contribution >= 4 is 40.9 Å². The lowest BCUT2D eigenvalue weighted by Crippen LogP contribution is -2.32. The number of thioether (sulfide) groups is 1. The second-order valence-electron chi connectivity index (χ2n) is 6.12. The van der Waals surface area contributed by atoms with E-state index in [1.807, 2.05) is 0 Å². The van der Waals surface area contributed by atoms with Crippen LogP contribution in [-0.2, 0) is 9.59 Å². The molecule has 0 aromatic heterocycles. The van der Waals surface area contributed by atoms with Gasteiger partial charge in [0.1, 0.15) is 17.2 Å². The fraction of sp³-hybridized carbons (Fsp3) is 0.0952. The Morgan fingerprint density at radius 1 is 1.07 bits per heavy atom. The van der Waals surface area contributed by atoms with Crippen molar-refractivity contribution in [3.8, 4) is 12.1 Å². The number of nitrogens with zero attached hydrogens (tertiary/aromatic N) is 3. The van der Waals surface area contributed by atoms with Gasteiger partial charge in [0.15, 0.2) is 5.57 Å². The lowest BCUT2D eigenvalue weighted by molar-refractivity contribution is -0.121. The van der Waals surface area contributed by atoms with Gasteiger partial charge in [-0.05, 0) is 24.3 Å². The van der Waals surface area contributed by atoms with Crippen molar-refractivity contribution in [2.45, 2.75) is 11.7 Å². The monoisotopic (exact) mass is 418 g/mol. The summed E-state index contributed by atoms with van der Waals surface area (Å²) in [7, 11) is 0. The summed E-state index contributed by atoms with van der Waals surface area (Å²) in [4.78, 5) is 37.8. The van der Waals surface area contributed by atoms with Crippen LogP contribution >= 0.6 is 11.8 Å². The quantitative estimate of drug-likeness (QED) is 0.540. The van der Waals surface area contributed by atoms with Crippen LogP contribution in [0.15, 0.2) is 65.2 Å². The van der Waals surface area contributed by atoms with Crippen molar-refractivity contribution in [1.29, 1.82) is 10.5 Å². The standard InChI is InChI=1S/C21H14N4O4S/c22-11-13(12-23)19(24-14-6-2-1-3-7-14)30-17-10-18(26)25(20(17)27)16-9-5-4-8-15(16)21(28)29/h1-9,17,24H,10H2,(H,28,29)/t17-/m1/s1. The van der Waals surface area contributed by atoms with Crippen molar-refractivity contribution in [2.24, 2.45) is 0 Å². The molecule has 2 amide bonds. The molecule has 1 atom stereocenters. The molecular formula is C21H14N4O4S. The Morgan fingerprint density at radius 2 is 1.70 bits per heavy atom. The predicted octanol–water partition coefficient (Wildman–Crippen LogP) is 3.12. The number of para-hydroxylation sites is 2. The van der Waals surface area contributed by atoms with Crippen LogP contribution in [0, 0.1) is 22.7 Å². The van der Waals surface area contributed by atoms with Crippen LogP contribution in [0.5, 0.6) is 0 Å². The van der Waals surface area contributed by atoms with Crippen LogP contribution < -0.4 is 10.2 Å². The molecule has 1 aliphatic heterocycles. The largest absolute Gasteiger partial charge is 0.478 e. The number of nitriles is 2. The van der Waals surface area contributed by atoms with E-state index < -0.39 is 23.0 Å². The molecule has 0 bridgehead atoms. The van der Waals surface area contributed by atoms with E-state index in [-0.39, 0.29) is 28.3 Å². The van der Waals surface area contributed by atoms with E-state index in [0.29, 0.717) is 5.69 Å². The van der Waals surface area contributed by atoms with Gasteiger partial charge in [-0.1, -0.05) is 42.1 Å². The molecule has 1 heterocycles. The van der Waals surface area contributed by atoms with E-state index in [2.05, 4.69) is 5.32 Å². The summed E-state index contributed by atoms with van der Waals surface area (Å²) < 4.78 is 0. The Morgan fingerprint density at radius 3 is 2.33 bits per heavy atom. The minimum Gasteiger partial charge on any atom is -0.478 e. The van der Waals surface area contributed by atoms with Crippen LogP contribution in [-0.4, -0.2) is 28.1 Å². The molecule has 148 valence electrons. The second kappa shape index (κ2) is 8.95. The molecule has 2 aromatic carbocycles. The van der Waals surface area contributed by atoms with Crippen LogP contribution in [0.2, 0.25) is 0 Å². The summed E-state index contributed by atoms with van der Waals surface area (Å²) in [5, 5.41) is 30.1. The summed E-state index contributed by atoms with van der Waals surface area (Å²) in [5.74, 6) is -2.42. The first-order valence-electron chi connectivity index (χ1n) is 8.68. The average Bonchev–Trinajstić information content (AvgIpc) is 3.02. The fourth-order valence-electron chi connectivity index (χ4n) is 2.87. The summed E-state index contributed by atoms with van der Waals surface area (Å²) in [5.41, 5.74) is 0.199. The Balaban J connectivity index is 1.91. The third-order valence-corrected chi connectivity index (χ3v) is 5.42. The number of carboxylic acids is 1. The van der Waals surface area contributed by atoms with E-state index >= 15 is 0 Å². The first kappa shape index (κ1) is 20.6. The van der Waals surface area contributed by atoms with E-state index in [1.165, 1.54) is 24.3 Å². The normalized spacial score (nSPS) is 15.3. The molecule has 0 aliphatic carbocycles. The number of benzene rings is 2. The second-order valence-corrected chi connectivity index (χ2v) is 7.33. The Bertz CT molecular complexity index is 1120. The summed E-state index contributed by atoms with van der Waals surface area (Å²) in [6, 6.07) is 18.1. The highest BCUT2D eigenvalue weighted by Gasteiger charge is 2.42. The highest BCUT2D eigenvalue weighted by atomic mass is 32.2. The first-order chi connectivity index (χ1) is 14.5. The number of hydrogen-bond donors (Lipinski definition) is 2. The van der Waals surface area contributed by atoms with Gasteiger partial charge >= 0.3 is 5.97 Å². The smallest absolute Gasteiger partial charge is 0.337 e. The first-order valence-corrected chi connectivity index (χ1v) is 9.56. The van der Waals surface area contributed by atoms with Gasteiger partial charge in [0.2, 0.25) is 11.8 Å². The molecule has 9 heteroatoms. The molecule has 0 unspecified atom stereocenters. The van der Waals surface area contributed by atoms with Gasteiger partial charge < -0.3 is 10.4 Å². The molecule has 2 N–H and O–H groups in total. The van der Waals surface area contributed by atoms with Crippen LogP contribution in [0.3, 0.4) is 0 Å². The Hall–Kier alpha value is -4.08. The number of amides is 2. The number of allylic oxidation sites excluding steroid dienone is 1. The van der Waals surface area contributed by atoms with Gasteiger partial charge in [0.25, 0.3) is 0 Å². The maximum atomic E-state index is 13.0. The van der Waals surface area contributed by atoms with E-state index in [4.69, 9.17) is 0 Å². The zero-order valence-corrected chi connectivity index (χ0v) is 16.2. The molecule has 1 saturated heterocycles. The number of carboxylic acid groups (broad SMARTS) is 1. The number of hydrogen-bond acceptors (Lipinski definition) is 7. The number of rotatable bonds is 6. The number of imide groups is 1. The fourth-order valence-corrected chi connectivity index (χ4v) is 3.97. The third kappa shape index (κ3) is 4.17. The molecule has 2 aromatic rings. The molecule has 8 nitrogen and oxygen atoms in total. The topological polar surface area (TPSA) is 134 Å². The number of aromatic carboxylic acids is 1. The highest BCUT2D eigenvalue weighted by Crippen LogP contribution is 2.36. The SMILES string of the molecule is N#CC(C#N)=C(Nc1ccccc1)S[C@@H]1CC(=O)N(c2ccccc2C(=O)O)C1=O. The lowest BCUT2D eigenvalue weighted by atomic mass is 10.1.